The number of fused-ring (bicyclic) bond motifs is 12. The molecule has 0 fully saturated rings. The summed E-state index contributed by atoms with van der Waals surface area (Å²) >= 11 is 0. The SMILES string of the molecule is CC(=O)N[C@@H](Cc1ccc(F)cc1)C(=O)N[C@H](C(=O)N[C@@H](Cc1ccccc1)C(O)C(=O)N[C@H]1Cc2ccc(cc2)OCCCNC(=O)[C@H](C(C)C)NC1=O)C(C)C. The monoisotopic (exact) mass is 802 g/mol. The molecule has 312 valence electrons. The number of nitrogens with one attached hydrogen (secondary N) is 6. The van der Waals surface area contributed by atoms with E-state index in [9.17, 15) is 38.3 Å². The Balaban J connectivity index is 1.58. The van der Waals surface area contributed by atoms with Crippen LogP contribution >= 0.6 is 0 Å². The molecule has 0 spiro atoms. The number of benzene rings is 3. The van der Waals surface area contributed by atoms with Crippen molar-refractivity contribution in [1.29, 1.82) is 0 Å². The average Bonchev–Trinajstić information content (AvgIpc) is 3.19. The summed E-state index contributed by atoms with van der Waals surface area (Å²) in [6, 6.07) is 15.6. The van der Waals surface area contributed by atoms with Crippen molar-refractivity contribution in [3.8, 4) is 5.75 Å². The number of ether oxygens (including phenoxy) is 1. The summed E-state index contributed by atoms with van der Waals surface area (Å²) < 4.78 is 19.3. The first-order valence-corrected chi connectivity index (χ1v) is 19.6. The van der Waals surface area contributed by atoms with E-state index in [0.29, 0.717) is 42.0 Å². The zero-order valence-corrected chi connectivity index (χ0v) is 33.5. The van der Waals surface area contributed by atoms with E-state index >= 15 is 0 Å². The maximum Gasteiger partial charge on any atom is 0.251 e. The summed E-state index contributed by atoms with van der Waals surface area (Å²) in [6.45, 7) is 8.91. The fourth-order valence-corrected chi connectivity index (χ4v) is 6.46. The Morgan fingerprint density at radius 1 is 0.810 bits per heavy atom. The van der Waals surface area contributed by atoms with E-state index in [1.54, 1.807) is 82.3 Å². The molecule has 2 heterocycles. The molecule has 58 heavy (non-hydrogen) atoms. The number of aliphatic hydroxyl groups is 1. The Morgan fingerprint density at radius 3 is 2.09 bits per heavy atom. The number of amides is 6. The summed E-state index contributed by atoms with van der Waals surface area (Å²) in [7, 11) is 0. The molecule has 14 nitrogen and oxygen atoms in total. The number of carbonyl (C=O) groups excluding carboxylic acids is 6. The smallest absolute Gasteiger partial charge is 0.251 e. The van der Waals surface area contributed by atoms with Gasteiger partial charge in [-0.05, 0) is 65.6 Å². The first kappa shape index (κ1) is 44.9. The van der Waals surface area contributed by atoms with Gasteiger partial charge in [-0.2, -0.15) is 0 Å². The van der Waals surface area contributed by atoms with Crippen LogP contribution in [0.4, 0.5) is 4.39 Å². The first-order chi connectivity index (χ1) is 27.6. The van der Waals surface area contributed by atoms with E-state index in [0.717, 1.165) is 0 Å². The fraction of sp³-hybridized carbons (Fsp3) is 0.442. The van der Waals surface area contributed by atoms with Crippen molar-refractivity contribution < 1.29 is 43.0 Å². The molecule has 15 heteroatoms. The Hall–Kier alpha value is -5.83. The molecule has 0 aromatic heterocycles. The Morgan fingerprint density at radius 2 is 1.47 bits per heavy atom. The summed E-state index contributed by atoms with van der Waals surface area (Å²) in [5, 5.41) is 28.0. The van der Waals surface area contributed by atoms with Crippen LogP contribution in [0.2, 0.25) is 0 Å². The molecule has 1 unspecified atom stereocenters. The first-order valence-electron chi connectivity index (χ1n) is 19.6. The van der Waals surface area contributed by atoms with Crippen molar-refractivity contribution in [2.75, 3.05) is 13.2 Å². The van der Waals surface area contributed by atoms with Crippen molar-refractivity contribution in [2.45, 2.75) is 96.6 Å². The highest BCUT2D eigenvalue weighted by Crippen LogP contribution is 2.16. The third kappa shape index (κ3) is 13.7. The van der Waals surface area contributed by atoms with E-state index in [1.165, 1.54) is 31.2 Å². The quantitative estimate of drug-likeness (QED) is 0.128. The normalized spacial score (nSPS) is 18.2. The highest BCUT2D eigenvalue weighted by Gasteiger charge is 2.36. The molecular weight excluding hydrogens is 748 g/mol. The summed E-state index contributed by atoms with van der Waals surface area (Å²) in [6.07, 6.45) is -1.33. The van der Waals surface area contributed by atoms with Gasteiger partial charge in [-0.15, -0.1) is 0 Å². The van der Waals surface area contributed by atoms with E-state index in [2.05, 4.69) is 31.9 Å². The highest BCUT2D eigenvalue weighted by molar-refractivity contribution is 5.94. The van der Waals surface area contributed by atoms with Gasteiger partial charge in [-0.1, -0.05) is 82.3 Å². The van der Waals surface area contributed by atoms with Crippen LogP contribution in [0, 0.1) is 17.7 Å². The molecule has 0 saturated heterocycles. The molecule has 2 aliphatic rings. The molecular formula is C43H55FN6O8. The molecule has 5 rings (SSSR count). The maximum absolute atomic E-state index is 14.0. The Labute approximate surface area is 338 Å². The van der Waals surface area contributed by atoms with Crippen LogP contribution in [0.25, 0.3) is 0 Å². The molecule has 0 radical (unpaired) electrons. The lowest BCUT2D eigenvalue weighted by molar-refractivity contribution is -0.137. The highest BCUT2D eigenvalue weighted by atomic mass is 19.1. The van der Waals surface area contributed by atoms with Crippen molar-refractivity contribution in [3.05, 3.63) is 101 Å². The molecule has 3 aromatic rings. The van der Waals surface area contributed by atoms with Gasteiger partial charge in [0.2, 0.25) is 29.5 Å². The number of hydrogen-bond acceptors (Lipinski definition) is 8. The largest absolute Gasteiger partial charge is 0.494 e. The maximum atomic E-state index is 14.0. The van der Waals surface area contributed by atoms with Gasteiger partial charge >= 0.3 is 0 Å². The van der Waals surface area contributed by atoms with Crippen molar-refractivity contribution in [3.63, 3.8) is 0 Å². The van der Waals surface area contributed by atoms with Crippen LogP contribution in [0.5, 0.6) is 5.75 Å². The molecule has 6 atom stereocenters. The molecule has 0 saturated carbocycles. The second kappa shape index (κ2) is 21.6. The number of carbonyl (C=O) groups is 6. The van der Waals surface area contributed by atoms with Crippen LogP contribution in [0.1, 0.15) is 57.7 Å². The standard InChI is InChI=1S/C43H55FN6O8/c1-25(2)36-41(55)45-20-9-21-58-32-18-14-30(15-19-32)24-35(40(54)49-36)48-43(57)38(52)33(22-28-10-7-6-8-11-28)47-42(56)37(26(3)4)50-39(53)34(46-27(5)51)23-29-12-16-31(44)17-13-29/h6-8,10-19,25-26,33-38,52H,9,20-24H2,1-5H3,(H,45,55)(H,46,51)(H,47,56)(H,48,57)(H,49,54)(H,50,53)/t33-,34-,35-,36-,37-,38?/m0/s1. The molecule has 3 aromatic carbocycles. The van der Waals surface area contributed by atoms with Crippen LogP contribution in [0.3, 0.4) is 0 Å². The van der Waals surface area contributed by atoms with Gasteiger partial charge in [0.05, 0.1) is 12.6 Å². The second-order valence-corrected chi connectivity index (χ2v) is 15.2. The van der Waals surface area contributed by atoms with Crippen molar-refractivity contribution in [2.24, 2.45) is 11.8 Å². The molecule has 2 aliphatic heterocycles. The van der Waals surface area contributed by atoms with Crippen LogP contribution in [-0.4, -0.2) is 90.0 Å². The van der Waals surface area contributed by atoms with E-state index in [-0.39, 0.29) is 31.1 Å². The fourth-order valence-electron chi connectivity index (χ4n) is 6.46. The van der Waals surface area contributed by atoms with Gasteiger partial charge in [-0.25, -0.2) is 4.39 Å². The topological polar surface area (TPSA) is 204 Å². The average molecular weight is 803 g/mol. The lowest BCUT2D eigenvalue weighted by atomic mass is 9.97. The zero-order chi connectivity index (χ0) is 42.4. The van der Waals surface area contributed by atoms with Crippen molar-refractivity contribution >= 4 is 35.4 Å². The third-order valence-electron chi connectivity index (χ3n) is 9.70. The van der Waals surface area contributed by atoms with Crippen molar-refractivity contribution in [1.82, 2.24) is 31.9 Å². The van der Waals surface area contributed by atoms with E-state index in [1.807, 2.05) is 0 Å². The summed E-state index contributed by atoms with van der Waals surface area (Å²) in [5.74, 6) is -4.52. The van der Waals surface area contributed by atoms with E-state index in [4.69, 9.17) is 4.74 Å². The summed E-state index contributed by atoms with van der Waals surface area (Å²) in [5.41, 5.74) is 1.92. The predicted octanol–water partition coefficient (Wildman–Crippen LogP) is 1.87. The van der Waals surface area contributed by atoms with Gasteiger partial charge < -0.3 is 41.7 Å². The minimum absolute atomic E-state index is 0.00155. The van der Waals surface area contributed by atoms with Gasteiger partial charge in [0, 0.05) is 26.3 Å². The van der Waals surface area contributed by atoms with Gasteiger partial charge in [-0.3, -0.25) is 28.8 Å². The van der Waals surface area contributed by atoms with Gasteiger partial charge in [0.15, 0.2) is 6.10 Å². The second-order valence-electron chi connectivity index (χ2n) is 15.2. The van der Waals surface area contributed by atoms with Crippen LogP contribution in [-0.2, 0) is 48.0 Å². The Bertz CT molecular complexity index is 1860. The molecule has 0 aliphatic carbocycles. The Kier molecular flexibility index (Phi) is 16.7. The third-order valence-corrected chi connectivity index (χ3v) is 9.70. The minimum Gasteiger partial charge on any atom is -0.494 e. The number of aliphatic hydroxyl groups excluding tert-OH is 1. The van der Waals surface area contributed by atoms with Gasteiger partial charge in [0.25, 0.3) is 5.91 Å². The molecule has 6 amide bonds. The predicted molar refractivity (Wildman–Crippen MR) is 215 cm³/mol. The number of halogens is 1. The lowest BCUT2D eigenvalue weighted by Crippen LogP contribution is -2.61. The number of rotatable bonds is 14. The molecule has 7 N–H and O–H groups in total. The van der Waals surface area contributed by atoms with E-state index < -0.39 is 77.6 Å². The van der Waals surface area contributed by atoms with Crippen LogP contribution < -0.4 is 36.6 Å². The van der Waals surface area contributed by atoms with Gasteiger partial charge in [0.1, 0.15) is 35.7 Å². The minimum atomic E-state index is -1.89. The van der Waals surface area contributed by atoms with Crippen LogP contribution in [0.15, 0.2) is 78.9 Å². The molecule has 2 bridgehead atoms. The lowest BCUT2D eigenvalue weighted by Gasteiger charge is -2.30. The number of hydrogen-bond donors (Lipinski definition) is 7. The zero-order valence-electron chi connectivity index (χ0n) is 33.5. The summed E-state index contributed by atoms with van der Waals surface area (Å²) in [4.78, 5) is 80.6.